The van der Waals surface area contributed by atoms with Crippen LogP contribution in [0, 0.1) is 6.92 Å². The highest BCUT2D eigenvalue weighted by atomic mass is 35.5. The van der Waals surface area contributed by atoms with E-state index in [4.69, 9.17) is 11.6 Å². The lowest BCUT2D eigenvalue weighted by Crippen LogP contribution is -2.21. The molecule has 0 aliphatic carbocycles. The lowest BCUT2D eigenvalue weighted by Gasteiger charge is -2.13. The van der Waals surface area contributed by atoms with Crippen LogP contribution in [0.4, 0.5) is 0 Å². The van der Waals surface area contributed by atoms with E-state index in [-0.39, 0.29) is 5.91 Å². The van der Waals surface area contributed by atoms with Gasteiger partial charge in [0.2, 0.25) is 5.91 Å². The third-order valence-electron chi connectivity index (χ3n) is 3.87. The molecular formula is C19H19ClN4OS. The van der Waals surface area contributed by atoms with Gasteiger partial charge in [-0.15, -0.1) is 10.2 Å². The van der Waals surface area contributed by atoms with Crippen LogP contribution in [0.25, 0.3) is 5.69 Å². The molecule has 0 fully saturated rings. The van der Waals surface area contributed by atoms with Crippen molar-refractivity contribution in [2.24, 2.45) is 0 Å². The quantitative estimate of drug-likeness (QED) is 0.646. The van der Waals surface area contributed by atoms with E-state index in [1.165, 1.54) is 6.92 Å². The van der Waals surface area contributed by atoms with Crippen LogP contribution in [0.5, 0.6) is 0 Å². The Labute approximate surface area is 161 Å². The number of carbonyl (C=O) groups is 1. The normalized spacial score (nSPS) is 10.7. The van der Waals surface area contributed by atoms with Crippen molar-refractivity contribution < 1.29 is 4.79 Å². The number of aromatic nitrogens is 3. The highest BCUT2D eigenvalue weighted by Crippen LogP contribution is 2.29. The van der Waals surface area contributed by atoms with Crippen LogP contribution in [0.3, 0.4) is 0 Å². The van der Waals surface area contributed by atoms with Crippen molar-refractivity contribution in [1.29, 1.82) is 0 Å². The Bertz CT molecular complexity index is 925. The van der Waals surface area contributed by atoms with Gasteiger partial charge in [0.1, 0.15) is 0 Å². The fraction of sp³-hybridized carbons (Fsp3) is 0.211. The van der Waals surface area contributed by atoms with Crippen molar-refractivity contribution >= 4 is 29.3 Å². The molecule has 3 rings (SSSR count). The van der Waals surface area contributed by atoms with E-state index in [0.717, 1.165) is 27.0 Å². The van der Waals surface area contributed by atoms with Crippen LogP contribution < -0.4 is 5.32 Å². The first-order chi connectivity index (χ1) is 12.6. The van der Waals surface area contributed by atoms with Crippen LogP contribution in [-0.2, 0) is 17.1 Å². The second-order valence-corrected chi connectivity index (χ2v) is 7.16. The van der Waals surface area contributed by atoms with Crippen molar-refractivity contribution in [1.82, 2.24) is 20.1 Å². The van der Waals surface area contributed by atoms with Crippen LogP contribution in [0.15, 0.2) is 53.7 Å². The van der Waals surface area contributed by atoms with Crippen molar-refractivity contribution in [3.05, 3.63) is 70.5 Å². The Hall–Kier alpha value is -2.31. The number of hydrogen-bond acceptors (Lipinski definition) is 4. The smallest absolute Gasteiger partial charge is 0.217 e. The van der Waals surface area contributed by atoms with Gasteiger partial charge in [0.15, 0.2) is 11.0 Å². The SMILES string of the molecule is CC(=O)NCc1nnc(SCc2ccccc2Cl)n1-c1ccccc1C. The first-order valence-electron chi connectivity index (χ1n) is 8.17. The van der Waals surface area contributed by atoms with Gasteiger partial charge in [-0.1, -0.05) is 59.8 Å². The van der Waals surface area contributed by atoms with E-state index in [0.29, 0.717) is 18.1 Å². The van der Waals surface area contributed by atoms with Gasteiger partial charge in [-0.2, -0.15) is 0 Å². The minimum Gasteiger partial charge on any atom is -0.349 e. The number of benzene rings is 2. The Morgan fingerprint density at radius 1 is 1.15 bits per heavy atom. The van der Waals surface area contributed by atoms with E-state index < -0.39 is 0 Å². The summed E-state index contributed by atoms with van der Waals surface area (Å²) in [6.45, 7) is 3.85. The summed E-state index contributed by atoms with van der Waals surface area (Å²) in [5.74, 6) is 1.27. The van der Waals surface area contributed by atoms with Gasteiger partial charge < -0.3 is 5.32 Å². The first-order valence-corrected chi connectivity index (χ1v) is 9.53. The summed E-state index contributed by atoms with van der Waals surface area (Å²) in [5.41, 5.74) is 3.15. The van der Waals surface area contributed by atoms with Gasteiger partial charge in [0, 0.05) is 17.7 Å². The zero-order valence-corrected chi connectivity index (χ0v) is 16.1. The Balaban J connectivity index is 1.93. The molecule has 3 aromatic rings. The summed E-state index contributed by atoms with van der Waals surface area (Å²) in [7, 11) is 0. The highest BCUT2D eigenvalue weighted by molar-refractivity contribution is 7.98. The molecule has 5 nitrogen and oxygen atoms in total. The number of thioether (sulfide) groups is 1. The molecule has 134 valence electrons. The predicted octanol–water partition coefficient (Wildman–Crippen LogP) is 4.16. The third-order valence-corrected chi connectivity index (χ3v) is 5.21. The summed E-state index contributed by atoms with van der Waals surface area (Å²) >= 11 is 7.82. The van der Waals surface area contributed by atoms with E-state index in [1.807, 2.05) is 60.0 Å². The monoisotopic (exact) mass is 386 g/mol. The van der Waals surface area contributed by atoms with E-state index >= 15 is 0 Å². The number of nitrogens with one attached hydrogen (secondary N) is 1. The number of carbonyl (C=O) groups excluding carboxylic acids is 1. The Morgan fingerprint density at radius 3 is 2.62 bits per heavy atom. The second kappa shape index (κ2) is 8.38. The predicted molar refractivity (Wildman–Crippen MR) is 105 cm³/mol. The Morgan fingerprint density at radius 2 is 1.88 bits per heavy atom. The topological polar surface area (TPSA) is 59.8 Å². The maximum Gasteiger partial charge on any atom is 0.217 e. The molecule has 26 heavy (non-hydrogen) atoms. The molecule has 2 aromatic carbocycles. The molecule has 0 saturated heterocycles. The minimum absolute atomic E-state index is 0.102. The molecule has 0 aliphatic rings. The fourth-order valence-corrected chi connectivity index (χ4v) is 3.78. The summed E-state index contributed by atoms with van der Waals surface area (Å²) in [4.78, 5) is 11.3. The van der Waals surface area contributed by atoms with Gasteiger partial charge in [0.25, 0.3) is 0 Å². The molecule has 7 heteroatoms. The van der Waals surface area contributed by atoms with E-state index in [2.05, 4.69) is 15.5 Å². The number of amides is 1. The summed E-state index contributed by atoms with van der Waals surface area (Å²) in [6, 6.07) is 15.8. The maximum atomic E-state index is 11.3. The summed E-state index contributed by atoms with van der Waals surface area (Å²) in [6.07, 6.45) is 0. The standard InChI is InChI=1S/C19H19ClN4OS/c1-13-7-3-6-10-17(13)24-18(11-21-14(2)25)22-23-19(24)26-12-15-8-4-5-9-16(15)20/h3-10H,11-12H2,1-2H3,(H,21,25). The number of nitrogens with zero attached hydrogens (tertiary/aromatic N) is 3. The largest absolute Gasteiger partial charge is 0.349 e. The van der Waals surface area contributed by atoms with Crippen molar-refractivity contribution in [3.8, 4) is 5.69 Å². The van der Waals surface area contributed by atoms with Gasteiger partial charge >= 0.3 is 0 Å². The van der Waals surface area contributed by atoms with Gasteiger partial charge in [-0.3, -0.25) is 9.36 Å². The van der Waals surface area contributed by atoms with Crippen LogP contribution in [0.2, 0.25) is 5.02 Å². The molecule has 0 radical (unpaired) electrons. The molecule has 0 bridgehead atoms. The van der Waals surface area contributed by atoms with Gasteiger partial charge in [-0.25, -0.2) is 0 Å². The van der Waals surface area contributed by atoms with Gasteiger partial charge in [-0.05, 0) is 30.2 Å². The van der Waals surface area contributed by atoms with E-state index in [1.54, 1.807) is 11.8 Å². The molecule has 1 amide bonds. The number of para-hydroxylation sites is 1. The zero-order valence-electron chi connectivity index (χ0n) is 14.6. The minimum atomic E-state index is -0.102. The number of hydrogen-bond donors (Lipinski definition) is 1. The molecule has 0 aliphatic heterocycles. The number of halogens is 1. The maximum absolute atomic E-state index is 11.3. The summed E-state index contributed by atoms with van der Waals surface area (Å²) < 4.78 is 1.99. The molecular weight excluding hydrogens is 368 g/mol. The summed E-state index contributed by atoms with van der Waals surface area (Å²) in [5, 5.41) is 12.9. The van der Waals surface area contributed by atoms with Crippen molar-refractivity contribution in [2.45, 2.75) is 31.3 Å². The molecule has 1 aromatic heterocycles. The molecule has 0 unspecified atom stereocenters. The molecule has 1 heterocycles. The Kier molecular flexibility index (Phi) is 5.96. The van der Waals surface area contributed by atoms with Crippen molar-refractivity contribution in [2.75, 3.05) is 0 Å². The van der Waals surface area contributed by atoms with E-state index in [9.17, 15) is 4.79 Å². The third kappa shape index (κ3) is 4.26. The second-order valence-electron chi connectivity index (χ2n) is 5.81. The number of rotatable bonds is 6. The average Bonchev–Trinajstić information content (AvgIpc) is 3.02. The zero-order chi connectivity index (χ0) is 18.5. The molecule has 0 saturated carbocycles. The van der Waals surface area contributed by atoms with Crippen LogP contribution in [-0.4, -0.2) is 20.7 Å². The molecule has 0 atom stereocenters. The highest BCUT2D eigenvalue weighted by Gasteiger charge is 2.16. The fourth-order valence-electron chi connectivity index (χ4n) is 2.53. The lowest BCUT2D eigenvalue weighted by molar-refractivity contribution is -0.119. The molecule has 1 N–H and O–H groups in total. The van der Waals surface area contributed by atoms with Crippen LogP contribution in [0.1, 0.15) is 23.9 Å². The molecule has 0 spiro atoms. The average molecular weight is 387 g/mol. The first kappa shape index (κ1) is 18.5. The number of aryl methyl sites for hydroxylation is 1. The van der Waals surface area contributed by atoms with Crippen molar-refractivity contribution in [3.63, 3.8) is 0 Å². The lowest BCUT2D eigenvalue weighted by atomic mass is 10.2. The van der Waals surface area contributed by atoms with Gasteiger partial charge in [0.05, 0.1) is 12.2 Å². The van der Waals surface area contributed by atoms with Crippen LogP contribution >= 0.6 is 23.4 Å².